The summed E-state index contributed by atoms with van der Waals surface area (Å²) in [6.07, 6.45) is 4.19. The van der Waals surface area contributed by atoms with E-state index in [0.717, 1.165) is 31.8 Å². The molecule has 1 aliphatic rings. The van der Waals surface area contributed by atoms with Crippen molar-refractivity contribution in [3.8, 4) is 0 Å². The van der Waals surface area contributed by atoms with Crippen LogP contribution in [0.5, 0.6) is 0 Å². The molecule has 0 radical (unpaired) electrons. The number of benzene rings is 1. The van der Waals surface area contributed by atoms with Crippen LogP contribution in [0.1, 0.15) is 35.5 Å². The molecule has 0 saturated carbocycles. The number of nitrogens with one attached hydrogen (secondary N) is 2. The number of aromatic amines is 1. The summed E-state index contributed by atoms with van der Waals surface area (Å²) in [6, 6.07) is 8.72. The first-order valence-electron chi connectivity index (χ1n) is 6.68. The standard InChI is InChI=1S/C15H19N3/c1-2-16-9-14-10-17-15(18-14)13-7-11-5-3-4-6-12(11)8-13/h3-6,10,13,16H,2,7-9H2,1H3,(H,17,18). The molecule has 0 bridgehead atoms. The second kappa shape index (κ2) is 4.94. The van der Waals surface area contributed by atoms with E-state index in [2.05, 4.69) is 46.5 Å². The minimum atomic E-state index is 0.526. The average Bonchev–Trinajstić information content (AvgIpc) is 3.02. The van der Waals surface area contributed by atoms with E-state index in [9.17, 15) is 0 Å². The van der Waals surface area contributed by atoms with Gasteiger partial charge in [0.15, 0.2) is 0 Å². The van der Waals surface area contributed by atoms with Gasteiger partial charge in [-0.05, 0) is 30.5 Å². The summed E-state index contributed by atoms with van der Waals surface area (Å²) in [6.45, 7) is 3.98. The van der Waals surface area contributed by atoms with Crippen LogP contribution in [0.15, 0.2) is 30.5 Å². The van der Waals surface area contributed by atoms with Crippen molar-refractivity contribution in [1.29, 1.82) is 0 Å². The number of imidazole rings is 1. The maximum Gasteiger partial charge on any atom is 0.110 e. The van der Waals surface area contributed by atoms with Gasteiger partial charge in [-0.15, -0.1) is 0 Å². The predicted molar refractivity (Wildman–Crippen MR) is 72.6 cm³/mol. The Morgan fingerprint density at radius 2 is 2.00 bits per heavy atom. The topological polar surface area (TPSA) is 40.7 Å². The lowest BCUT2D eigenvalue weighted by atomic mass is 10.1. The maximum atomic E-state index is 4.54. The lowest BCUT2D eigenvalue weighted by Crippen LogP contribution is -2.12. The molecule has 0 atom stereocenters. The largest absolute Gasteiger partial charge is 0.345 e. The third-order valence-electron chi connectivity index (χ3n) is 3.65. The summed E-state index contributed by atoms with van der Waals surface area (Å²) >= 11 is 0. The third kappa shape index (κ3) is 2.18. The van der Waals surface area contributed by atoms with E-state index in [4.69, 9.17) is 0 Å². The van der Waals surface area contributed by atoms with Gasteiger partial charge in [0.25, 0.3) is 0 Å². The number of nitrogens with zero attached hydrogens (tertiary/aromatic N) is 1. The zero-order valence-electron chi connectivity index (χ0n) is 10.7. The smallest absolute Gasteiger partial charge is 0.110 e. The van der Waals surface area contributed by atoms with Crippen LogP contribution in [0, 0.1) is 0 Å². The monoisotopic (exact) mass is 241 g/mol. The van der Waals surface area contributed by atoms with Gasteiger partial charge < -0.3 is 10.3 Å². The fourth-order valence-corrected chi connectivity index (χ4v) is 2.69. The number of H-pyrrole nitrogens is 1. The third-order valence-corrected chi connectivity index (χ3v) is 3.65. The van der Waals surface area contributed by atoms with Gasteiger partial charge in [0.2, 0.25) is 0 Å². The molecule has 3 heteroatoms. The van der Waals surface area contributed by atoms with Crippen LogP contribution >= 0.6 is 0 Å². The highest BCUT2D eigenvalue weighted by Crippen LogP contribution is 2.32. The van der Waals surface area contributed by atoms with Crippen LogP contribution in [0.3, 0.4) is 0 Å². The molecule has 1 aliphatic carbocycles. The molecule has 0 fully saturated rings. The normalized spacial score (nSPS) is 14.9. The highest BCUT2D eigenvalue weighted by atomic mass is 15.0. The van der Waals surface area contributed by atoms with Gasteiger partial charge in [-0.1, -0.05) is 31.2 Å². The molecule has 3 rings (SSSR count). The van der Waals surface area contributed by atoms with E-state index >= 15 is 0 Å². The first-order valence-corrected chi connectivity index (χ1v) is 6.68. The Kier molecular flexibility index (Phi) is 3.15. The van der Waals surface area contributed by atoms with Crippen molar-refractivity contribution in [2.24, 2.45) is 0 Å². The van der Waals surface area contributed by atoms with Crippen molar-refractivity contribution < 1.29 is 0 Å². The Balaban J connectivity index is 1.72. The van der Waals surface area contributed by atoms with Gasteiger partial charge in [-0.25, -0.2) is 4.98 Å². The zero-order chi connectivity index (χ0) is 12.4. The van der Waals surface area contributed by atoms with Crippen LogP contribution in [-0.4, -0.2) is 16.5 Å². The Bertz CT molecular complexity index is 505. The molecule has 2 N–H and O–H groups in total. The van der Waals surface area contributed by atoms with E-state index in [0.29, 0.717) is 5.92 Å². The van der Waals surface area contributed by atoms with E-state index in [1.807, 2.05) is 6.20 Å². The van der Waals surface area contributed by atoms with Crippen molar-refractivity contribution in [3.05, 3.63) is 53.1 Å². The number of aromatic nitrogens is 2. The fraction of sp³-hybridized carbons (Fsp3) is 0.400. The molecule has 3 nitrogen and oxygen atoms in total. The minimum Gasteiger partial charge on any atom is -0.345 e. The summed E-state index contributed by atoms with van der Waals surface area (Å²) in [5, 5.41) is 3.31. The minimum absolute atomic E-state index is 0.526. The molecule has 1 aromatic carbocycles. The SMILES string of the molecule is CCNCc1cnc(C2Cc3ccccc3C2)[nH]1. The predicted octanol–water partition coefficient (Wildman–Crippen LogP) is 2.40. The van der Waals surface area contributed by atoms with Gasteiger partial charge in [-0.2, -0.15) is 0 Å². The molecule has 0 spiro atoms. The second-order valence-electron chi connectivity index (χ2n) is 4.95. The highest BCUT2D eigenvalue weighted by molar-refractivity contribution is 5.35. The number of fused-ring (bicyclic) bond motifs is 1. The molecular weight excluding hydrogens is 222 g/mol. The van der Waals surface area contributed by atoms with E-state index in [1.54, 1.807) is 0 Å². The van der Waals surface area contributed by atoms with Crippen LogP contribution in [-0.2, 0) is 19.4 Å². The van der Waals surface area contributed by atoms with Crippen LogP contribution in [0.2, 0.25) is 0 Å². The lowest BCUT2D eigenvalue weighted by Gasteiger charge is -2.04. The molecule has 94 valence electrons. The first-order chi connectivity index (χ1) is 8.86. The van der Waals surface area contributed by atoms with E-state index < -0.39 is 0 Å². The Morgan fingerprint density at radius 1 is 1.28 bits per heavy atom. The van der Waals surface area contributed by atoms with Gasteiger partial charge in [0, 0.05) is 24.4 Å². The lowest BCUT2D eigenvalue weighted by molar-refractivity contribution is 0.679. The molecule has 1 aromatic heterocycles. The summed E-state index contributed by atoms with van der Waals surface area (Å²) in [5.74, 6) is 1.66. The molecule has 0 unspecified atom stereocenters. The fourth-order valence-electron chi connectivity index (χ4n) is 2.69. The van der Waals surface area contributed by atoms with Crippen molar-refractivity contribution in [3.63, 3.8) is 0 Å². The number of hydrogen-bond acceptors (Lipinski definition) is 2. The number of hydrogen-bond donors (Lipinski definition) is 2. The molecule has 0 aliphatic heterocycles. The van der Waals surface area contributed by atoms with Crippen LogP contribution in [0.25, 0.3) is 0 Å². The Labute approximate surface area is 108 Å². The summed E-state index contributed by atoms with van der Waals surface area (Å²) < 4.78 is 0. The highest BCUT2D eigenvalue weighted by Gasteiger charge is 2.24. The van der Waals surface area contributed by atoms with Crippen molar-refractivity contribution >= 4 is 0 Å². The second-order valence-corrected chi connectivity index (χ2v) is 4.95. The average molecular weight is 241 g/mol. The first kappa shape index (κ1) is 11.5. The molecule has 2 aromatic rings. The Hall–Kier alpha value is -1.61. The molecule has 18 heavy (non-hydrogen) atoms. The molecule has 0 saturated heterocycles. The van der Waals surface area contributed by atoms with Gasteiger partial charge >= 0.3 is 0 Å². The summed E-state index contributed by atoms with van der Waals surface area (Å²) in [5.41, 5.74) is 4.14. The van der Waals surface area contributed by atoms with Gasteiger partial charge in [-0.3, -0.25) is 0 Å². The van der Waals surface area contributed by atoms with Crippen LogP contribution in [0.4, 0.5) is 0 Å². The van der Waals surface area contributed by atoms with Crippen LogP contribution < -0.4 is 5.32 Å². The molecule has 1 heterocycles. The summed E-state index contributed by atoms with van der Waals surface area (Å²) in [7, 11) is 0. The van der Waals surface area contributed by atoms with Crippen molar-refractivity contribution in [2.75, 3.05) is 6.54 Å². The Morgan fingerprint density at radius 3 is 2.67 bits per heavy atom. The van der Waals surface area contributed by atoms with Gasteiger partial charge in [0.1, 0.15) is 5.82 Å². The number of rotatable bonds is 4. The summed E-state index contributed by atoms with van der Waals surface area (Å²) in [4.78, 5) is 7.99. The van der Waals surface area contributed by atoms with Crippen molar-refractivity contribution in [2.45, 2.75) is 32.2 Å². The van der Waals surface area contributed by atoms with E-state index in [1.165, 1.54) is 16.8 Å². The van der Waals surface area contributed by atoms with Gasteiger partial charge in [0.05, 0.1) is 0 Å². The maximum absolute atomic E-state index is 4.54. The zero-order valence-corrected chi connectivity index (χ0v) is 10.7. The molecule has 0 amide bonds. The van der Waals surface area contributed by atoms with Crippen molar-refractivity contribution in [1.82, 2.24) is 15.3 Å². The quantitative estimate of drug-likeness (QED) is 0.863. The van der Waals surface area contributed by atoms with E-state index in [-0.39, 0.29) is 0 Å². The molecular formula is C15H19N3.